The maximum atomic E-state index is 11.4. The summed E-state index contributed by atoms with van der Waals surface area (Å²) < 4.78 is 10.7. The monoisotopic (exact) mass is 254 g/mol. The number of ether oxygens (including phenoxy) is 2. The SMILES string of the molecule is C=C(COC1CC(C)CC(C)(C)C1)C(=O)OCC. The molecule has 0 spiro atoms. The maximum absolute atomic E-state index is 11.4. The van der Waals surface area contributed by atoms with Gasteiger partial charge < -0.3 is 9.47 Å². The van der Waals surface area contributed by atoms with Crippen LogP contribution in [0.3, 0.4) is 0 Å². The standard InChI is InChI=1S/C15H26O3/c1-6-17-14(16)12(3)10-18-13-7-11(2)8-15(4,5)9-13/h11,13H,3,6-10H2,1-2,4-5H3. The first-order chi connectivity index (χ1) is 8.34. The maximum Gasteiger partial charge on any atom is 0.335 e. The summed E-state index contributed by atoms with van der Waals surface area (Å²) >= 11 is 0. The highest BCUT2D eigenvalue weighted by molar-refractivity contribution is 5.87. The molecule has 0 heterocycles. The van der Waals surface area contributed by atoms with Crippen LogP contribution in [0.1, 0.15) is 47.0 Å². The lowest BCUT2D eigenvalue weighted by molar-refractivity contribution is -0.139. The molecule has 3 heteroatoms. The van der Waals surface area contributed by atoms with Crippen molar-refractivity contribution in [3.63, 3.8) is 0 Å². The molecule has 0 aromatic rings. The summed E-state index contributed by atoms with van der Waals surface area (Å²) in [4.78, 5) is 11.4. The van der Waals surface area contributed by atoms with E-state index in [0.29, 0.717) is 23.5 Å². The topological polar surface area (TPSA) is 35.5 Å². The van der Waals surface area contributed by atoms with Crippen molar-refractivity contribution in [2.45, 2.75) is 53.1 Å². The molecule has 0 amide bonds. The van der Waals surface area contributed by atoms with Crippen molar-refractivity contribution in [2.75, 3.05) is 13.2 Å². The Balaban J connectivity index is 2.39. The van der Waals surface area contributed by atoms with Crippen molar-refractivity contribution in [2.24, 2.45) is 11.3 Å². The summed E-state index contributed by atoms with van der Waals surface area (Å²) in [5, 5.41) is 0. The molecule has 1 aliphatic rings. The second-order valence-corrected chi connectivity index (χ2v) is 6.17. The second kappa shape index (κ2) is 6.37. The Hall–Kier alpha value is -0.830. The minimum absolute atomic E-state index is 0.231. The van der Waals surface area contributed by atoms with Gasteiger partial charge in [0.15, 0.2) is 0 Å². The summed E-state index contributed by atoms with van der Waals surface area (Å²) in [5.74, 6) is 0.329. The summed E-state index contributed by atoms with van der Waals surface area (Å²) in [6, 6.07) is 0. The van der Waals surface area contributed by atoms with Gasteiger partial charge in [0.2, 0.25) is 0 Å². The summed E-state index contributed by atoms with van der Waals surface area (Å²) in [6.07, 6.45) is 3.59. The molecule has 0 saturated heterocycles. The molecule has 1 saturated carbocycles. The van der Waals surface area contributed by atoms with Crippen LogP contribution in [0.2, 0.25) is 0 Å². The van der Waals surface area contributed by atoms with Crippen LogP contribution in [0.15, 0.2) is 12.2 Å². The van der Waals surface area contributed by atoms with E-state index in [4.69, 9.17) is 9.47 Å². The third-order valence-electron chi connectivity index (χ3n) is 3.40. The Bertz CT molecular complexity index is 307. The van der Waals surface area contributed by atoms with Gasteiger partial charge >= 0.3 is 5.97 Å². The molecule has 18 heavy (non-hydrogen) atoms. The summed E-state index contributed by atoms with van der Waals surface area (Å²) in [7, 11) is 0. The molecule has 0 N–H and O–H groups in total. The second-order valence-electron chi connectivity index (χ2n) is 6.17. The Kier molecular flexibility index (Phi) is 5.39. The number of esters is 1. The molecule has 1 fully saturated rings. The van der Waals surface area contributed by atoms with E-state index >= 15 is 0 Å². The van der Waals surface area contributed by atoms with Crippen molar-refractivity contribution in [1.82, 2.24) is 0 Å². The lowest BCUT2D eigenvalue weighted by Gasteiger charge is -2.38. The number of hydrogen-bond donors (Lipinski definition) is 0. The molecule has 0 aromatic carbocycles. The zero-order valence-electron chi connectivity index (χ0n) is 12.1. The Labute approximate surface area is 111 Å². The number of rotatable bonds is 5. The zero-order valence-corrected chi connectivity index (χ0v) is 12.1. The Morgan fingerprint density at radius 2 is 2.06 bits per heavy atom. The molecule has 0 aromatic heterocycles. The van der Waals surface area contributed by atoms with Crippen LogP contribution in [0.25, 0.3) is 0 Å². The Morgan fingerprint density at radius 1 is 1.39 bits per heavy atom. The van der Waals surface area contributed by atoms with Crippen LogP contribution >= 0.6 is 0 Å². The third kappa shape index (κ3) is 4.81. The third-order valence-corrected chi connectivity index (χ3v) is 3.40. The largest absolute Gasteiger partial charge is 0.463 e. The average molecular weight is 254 g/mol. The fourth-order valence-corrected chi connectivity index (χ4v) is 2.90. The van der Waals surface area contributed by atoms with E-state index in [1.54, 1.807) is 6.92 Å². The van der Waals surface area contributed by atoms with E-state index in [9.17, 15) is 4.79 Å². The molecule has 0 aliphatic heterocycles. The first-order valence-corrected chi connectivity index (χ1v) is 6.80. The van der Waals surface area contributed by atoms with Crippen molar-refractivity contribution in [3.05, 3.63) is 12.2 Å². The van der Waals surface area contributed by atoms with Crippen molar-refractivity contribution in [3.8, 4) is 0 Å². The minimum Gasteiger partial charge on any atom is -0.463 e. The Morgan fingerprint density at radius 3 is 2.61 bits per heavy atom. The molecular weight excluding hydrogens is 228 g/mol. The molecule has 0 radical (unpaired) electrons. The van der Waals surface area contributed by atoms with Gasteiger partial charge in [0.05, 0.1) is 24.9 Å². The van der Waals surface area contributed by atoms with Crippen molar-refractivity contribution >= 4 is 5.97 Å². The van der Waals surface area contributed by atoms with E-state index in [0.717, 1.165) is 12.8 Å². The normalized spacial score (nSPS) is 26.7. The van der Waals surface area contributed by atoms with Crippen LogP contribution in [0, 0.1) is 11.3 Å². The predicted molar refractivity (Wildman–Crippen MR) is 72.3 cm³/mol. The van der Waals surface area contributed by atoms with Gasteiger partial charge in [-0.1, -0.05) is 27.4 Å². The highest BCUT2D eigenvalue weighted by Gasteiger charge is 2.32. The van der Waals surface area contributed by atoms with Crippen LogP contribution in [-0.4, -0.2) is 25.3 Å². The average Bonchev–Trinajstić information content (AvgIpc) is 2.23. The van der Waals surface area contributed by atoms with Crippen LogP contribution in [0.4, 0.5) is 0 Å². The van der Waals surface area contributed by atoms with Crippen LogP contribution < -0.4 is 0 Å². The molecule has 1 aliphatic carbocycles. The molecular formula is C15H26O3. The molecule has 2 atom stereocenters. The van der Waals surface area contributed by atoms with Gasteiger partial charge in [-0.25, -0.2) is 4.79 Å². The summed E-state index contributed by atoms with van der Waals surface area (Å²) in [5.41, 5.74) is 0.737. The zero-order chi connectivity index (χ0) is 13.8. The smallest absolute Gasteiger partial charge is 0.335 e. The van der Waals surface area contributed by atoms with Gasteiger partial charge in [-0.2, -0.15) is 0 Å². The quantitative estimate of drug-likeness (QED) is 0.557. The minimum atomic E-state index is -0.347. The van der Waals surface area contributed by atoms with Gasteiger partial charge in [-0.15, -0.1) is 0 Å². The van der Waals surface area contributed by atoms with E-state index in [1.165, 1.54) is 6.42 Å². The molecule has 1 rings (SSSR count). The van der Waals surface area contributed by atoms with Gasteiger partial charge in [0.25, 0.3) is 0 Å². The van der Waals surface area contributed by atoms with Gasteiger partial charge in [0.1, 0.15) is 0 Å². The molecule has 104 valence electrons. The van der Waals surface area contributed by atoms with E-state index in [2.05, 4.69) is 27.4 Å². The highest BCUT2D eigenvalue weighted by Crippen LogP contribution is 2.39. The number of hydrogen-bond acceptors (Lipinski definition) is 3. The molecule has 2 unspecified atom stereocenters. The van der Waals surface area contributed by atoms with Crippen molar-refractivity contribution in [1.29, 1.82) is 0 Å². The molecule has 0 bridgehead atoms. The first-order valence-electron chi connectivity index (χ1n) is 6.80. The fraction of sp³-hybridized carbons (Fsp3) is 0.800. The van der Waals surface area contributed by atoms with Crippen LogP contribution in [-0.2, 0) is 14.3 Å². The highest BCUT2D eigenvalue weighted by atomic mass is 16.5. The fourth-order valence-electron chi connectivity index (χ4n) is 2.90. The lowest BCUT2D eigenvalue weighted by Crippen LogP contribution is -2.33. The first kappa shape index (κ1) is 15.2. The van der Waals surface area contributed by atoms with Gasteiger partial charge in [-0.3, -0.25) is 0 Å². The number of carbonyl (C=O) groups excluding carboxylic acids is 1. The van der Waals surface area contributed by atoms with E-state index < -0.39 is 0 Å². The molecule has 3 nitrogen and oxygen atoms in total. The lowest BCUT2D eigenvalue weighted by atomic mass is 9.71. The summed E-state index contributed by atoms with van der Waals surface area (Å²) in [6.45, 7) is 13.0. The van der Waals surface area contributed by atoms with E-state index in [1.807, 2.05) is 0 Å². The predicted octanol–water partition coefficient (Wildman–Crippen LogP) is 3.34. The van der Waals surface area contributed by atoms with Crippen molar-refractivity contribution < 1.29 is 14.3 Å². The van der Waals surface area contributed by atoms with Crippen LogP contribution in [0.5, 0.6) is 0 Å². The van der Waals surface area contributed by atoms with Gasteiger partial charge in [-0.05, 0) is 37.5 Å². The van der Waals surface area contributed by atoms with Gasteiger partial charge in [0, 0.05) is 0 Å². The number of carbonyl (C=O) groups is 1. The van der Waals surface area contributed by atoms with E-state index in [-0.39, 0.29) is 18.7 Å².